The van der Waals surface area contributed by atoms with Crippen LogP contribution >= 0.6 is 0 Å². The van der Waals surface area contributed by atoms with Crippen molar-refractivity contribution in [2.75, 3.05) is 6.61 Å². The van der Waals surface area contributed by atoms with Crippen molar-refractivity contribution >= 4 is 11.9 Å². The second-order valence-electron chi connectivity index (χ2n) is 3.86. The molecule has 0 amide bonds. The number of rotatable bonds is 8. The van der Waals surface area contributed by atoms with E-state index in [2.05, 4.69) is 17.2 Å². The Hall–Kier alpha value is -1.92. The Morgan fingerprint density at radius 3 is 2.83 bits per heavy atom. The second kappa shape index (κ2) is 7.41. The number of esters is 1. The summed E-state index contributed by atoms with van der Waals surface area (Å²) >= 11 is 0. The van der Waals surface area contributed by atoms with Gasteiger partial charge in [-0.1, -0.05) is 31.4 Å². The zero-order valence-electron chi connectivity index (χ0n) is 10.3. The first-order valence-electron chi connectivity index (χ1n) is 5.92. The van der Waals surface area contributed by atoms with Crippen molar-refractivity contribution in [2.24, 2.45) is 0 Å². The van der Waals surface area contributed by atoms with Gasteiger partial charge in [0.15, 0.2) is 5.69 Å². The maximum Gasteiger partial charge on any atom is 0.355 e. The van der Waals surface area contributed by atoms with Crippen LogP contribution in [0.3, 0.4) is 0 Å². The van der Waals surface area contributed by atoms with Crippen LogP contribution in [0.4, 0.5) is 0 Å². The standard InChI is InChI=1S/C11H17N3O4/c1-2-3-4-5-6-18-10(15)8-14-9(11(16)17)7-12-13-14/h7H,2-6,8H2,1H3,(H,16,17). The van der Waals surface area contributed by atoms with E-state index in [1.807, 2.05) is 0 Å². The van der Waals surface area contributed by atoms with E-state index < -0.39 is 11.9 Å². The van der Waals surface area contributed by atoms with Crippen LogP contribution < -0.4 is 0 Å². The molecule has 1 rings (SSSR count). The third-order valence-corrected chi connectivity index (χ3v) is 2.38. The summed E-state index contributed by atoms with van der Waals surface area (Å²) in [6.45, 7) is 2.23. The van der Waals surface area contributed by atoms with Gasteiger partial charge in [0, 0.05) is 0 Å². The maximum absolute atomic E-state index is 11.4. The average molecular weight is 255 g/mol. The molecule has 1 N–H and O–H groups in total. The highest BCUT2D eigenvalue weighted by molar-refractivity contribution is 5.85. The zero-order chi connectivity index (χ0) is 13.4. The van der Waals surface area contributed by atoms with E-state index in [0.717, 1.165) is 36.6 Å². The van der Waals surface area contributed by atoms with E-state index >= 15 is 0 Å². The van der Waals surface area contributed by atoms with Gasteiger partial charge in [0.1, 0.15) is 6.54 Å². The fraction of sp³-hybridized carbons (Fsp3) is 0.636. The van der Waals surface area contributed by atoms with Gasteiger partial charge in [0.25, 0.3) is 0 Å². The third kappa shape index (κ3) is 4.52. The van der Waals surface area contributed by atoms with Gasteiger partial charge in [-0.15, -0.1) is 5.10 Å². The highest BCUT2D eigenvalue weighted by Crippen LogP contribution is 2.00. The number of nitrogens with zero attached hydrogens (tertiary/aromatic N) is 3. The minimum absolute atomic E-state index is 0.127. The van der Waals surface area contributed by atoms with Crippen molar-refractivity contribution in [2.45, 2.75) is 39.2 Å². The lowest BCUT2D eigenvalue weighted by Gasteiger charge is -2.05. The molecular formula is C11H17N3O4. The normalized spacial score (nSPS) is 10.3. The Balaban J connectivity index is 2.31. The number of hydrogen-bond acceptors (Lipinski definition) is 5. The summed E-state index contributed by atoms with van der Waals surface area (Å²) in [5.41, 5.74) is -0.127. The fourth-order valence-corrected chi connectivity index (χ4v) is 1.42. The number of aromatic nitrogens is 3. The molecule has 0 bridgehead atoms. The molecule has 100 valence electrons. The molecule has 0 saturated heterocycles. The molecule has 0 radical (unpaired) electrons. The molecule has 0 spiro atoms. The predicted octanol–water partition coefficient (Wildman–Crippen LogP) is 1.10. The molecular weight excluding hydrogens is 238 g/mol. The molecule has 1 aromatic rings. The summed E-state index contributed by atoms with van der Waals surface area (Å²) in [6.07, 6.45) is 5.17. The Morgan fingerprint density at radius 1 is 1.39 bits per heavy atom. The molecule has 0 atom stereocenters. The average Bonchev–Trinajstić information content (AvgIpc) is 2.77. The van der Waals surface area contributed by atoms with Crippen molar-refractivity contribution in [1.29, 1.82) is 0 Å². The zero-order valence-corrected chi connectivity index (χ0v) is 10.3. The van der Waals surface area contributed by atoms with E-state index in [1.165, 1.54) is 0 Å². The lowest BCUT2D eigenvalue weighted by atomic mass is 10.2. The molecule has 7 nitrogen and oxygen atoms in total. The van der Waals surface area contributed by atoms with Gasteiger partial charge in [0.05, 0.1) is 12.8 Å². The van der Waals surface area contributed by atoms with E-state index in [1.54, 1.807) is 0 Å². The van der Waals surface area contributed by atoms with Crippen LogP contribution in [0.2, 0.25) is 0 Å². The Morgan fingerprint density at radius 2 is 2.17 bits per heavy atom. The Labute approximate surface area is 105 Å². The van der Waals surface area contributed by atoms with Gasteiger partial charge >= 0.3 is 11.9 Å². The van der Waals surface area contributed by atoms with Gasteiger partial charge in [0.2, 0.25) is 0 Å². The van der Waals surface area contributed by atoms with Crippen LogP contribution in [0.5, 0.6) is 0 Å². The molecule has 0 aliphatic heterocycles. The highest BCUT2D eigenvalue weighted by atomic mass is 16.5. The summed E-state index contributed by atoms with van der Waals surface area (Å²) in [4.78, 5) is 22.2. The molecule has 0 fully saturated rings. The van der Waals surface area contributed by atoms with E-state index in [4.69, 9.17) is 9.84 Å². The van der Waals surface area contributed by atoms with Crippen molar-refractivity contribution in [1.82, 2.24) is 15.0 Å². The molecule has 1 heterocycles. The summed E-state index contributed by atoms with van der Waals surface area (Å²) in [6, 6.07) is 0. The van der Waals surface area contributed by atoms with E-state index in [0.29, 0.717) is 6.61 Å². The fourth-order valence-electron chi connectivity index (χ4n) is 1.42. The van der Waals surface area contributed by atoms with Crippen LogP contribution in [-0.4, -0.2) is 38.6 Å². The van der Waals surface area contributed by atoms with Crippen LogP contribution in [0.1, 0.15) is 43.1 Å². The second-order valence-corrected chi connectivity index (χ2v) is 3.86. The number of hydrogen-bond donors (Lipinski definition) is 1. The Bertz CT molecular complexity index is 403. The predicted molar refractivity (Wildman–Crippen MR) is 62.1 cm³/mol. The minimum Gasteiger partial charge on any atom is -0.476 e. The molecule has 0 aliphatic rings. The Kier molecular flexibility index (Phi) is 5.83. The molecule has 18 heavy (non-hydrogen) atoms. The van der Waals surface area contributed by atoms with Crippen molar-refractivity contribution in [3.05, 3.63) is 11.9 Å². The number of carbonyl (C=O) groups excluding carboxylic acids is 1. The topological polar surface area (TPSA) is 94.3 Å². The first kappa shape index (κ1) is 14.1. The summed E-state index contributed by atoms with van der Waals surface area (Å²) in [5.74, 6) is -1.67. The summed E-state index contributed by atoms with van der Waals surface area (Å²) < 4.78 is 5.99. The van der Waals surface area contributed by atoms with Crippen LogP contribution in [0.15, 0.2) is 6.20 Å². The number of carboxylic acid groups (broad SMARTS) is 1. The molecule has 0 aliphatic carbocycles. The SMILES string of the molecule is CCCCCCOC(=O)Cn1nncc1C(=O)O. The van der Waals surface area contributed by atoms with Crippen molar-refractivity contribution in [3.63, 3.8) is 0 Å². The first-order valence-corrected chi connectivity index (χ1v) is 5.92. The number of unbranched alkanes of at least 4 members (excludes halogenated alkanes) is 3. The first-order chi connectivity index (χ1) is 8.65. The third-order valence-electron chi connectivity index (χ3n) is 2.38. The lowest BCUT2D eigenvalue weighted by molar-refractivity contribution is -0.144. The van der Waals surface area contributed by atoms with Gasteiger partial charge in [-0.25, -0.2) is 9.48 Å². The smallest absolute Gasteiger partial charge is 0.355 e. The summed E-state index contributed by atoms with van der Waals surface area (Å²) in [7, 11) is 0. The monoisotopic (exact) mass is 255 g/mol. The van der Waals surface area contributed by atoms with Gasteiger partial charge in [-0.2, -0.15) is 0 Å². The maximum atomic E-state index is 11.4. The van der Waals surface area contributed by atoms with Gasteiger partial charge in [-0.05, 0) is 6.42 Å². The van der Waals surface area contributed by atoms with Crippen LogP contribution in [0, 0.1) is 0 Å². The number of carbonyl (C=O) groups is 2. The lowest BCUT2D eigenvalue weighted by Crippen LogP contribution is -2.19. The van der Waals surface area contributed by atoms with Gasteiger partial charge < -0.3 is 9.84 Å². The molecule has 0 unspecified atom stereocenters. The van der Waals surface area contributed by atoms with E-state index in [-0.39, 0.29) is 12.2 Å². The molecule has 7 heteroatoms. The number of carboxylic acids is 1. The van der Waals surface area contributed by atoms with Gasteiger partial charge in [-0.3, -0.25) is 4.79 Å². The summed E-state index contributed by atoms with van der Waals surface area (Å²) in [5, 5.41) is 15.7. The quantitative estimate of drug-likeness (QED) is 0.552. The number of ether oxygens (including phenoxy) is 1. The van der Waals surface area contributed by atoms with Crippen molar-refractivity contribution in [3.8, 4) is 0 Å². The van der Waals surface area contributed by atoms with Crippen LogP contribution in [0.25, 0.3) is 0 Å². The molecule has 0 aromatic carbocycles. The van der Waals surface area contributed by atoms with Crippen LogP contribution in [-0.2, 0) is 16.1 Å². The largest absolute Gasteiger partial charge is 0.476 e. The molecule has 0 saturated carbocycles. The molecule has 1 aromatic heterocycles. The minimum atomic E-state index is -1.17. The number of aromatic carboxylic acids is 1. The highest BCUT2D eigenvalue weighted by Gasteiger charge is 2.14. The van der Waals surface area contributed by atoms with E-state index in [9.17, 15) is 9.59 Å². The van der Waals surface area contributed by atoms with Crippen molar-refractivity contribution < 1.29 is 19.4 Å².